The molecule has 2 aromatic heterocycles. The number of ether oxygens (including phenoxy) is 1. The molecule has 4 heterocycles. The summed E-state index contributed by atoms with van der Waals surface area (Å²) in [5.74, 6) is 0.0145. The molecule has 0 radical (unpaired) electrons. The van der Waals surface area contributed by atoms with Crippen LogP contribution in [0.3, 0.4) is 0 Å². The van der Waals surface area contributed by atoms with E-state index in [1.54, 1.807) is 11.3 Å². The Bertz CT molecular complexity index is 974. The molecule has 0 spiro atoms. The number of anilines is 1. The van der Waals surface area contributed by atoms with E-state index in [2.05, 4.69) is 15.3 Å². The van der Waals surface area contributed by atoms with Crippen LogP contribution >= 0.6 is 11.3 Å². The fraction of sp³-hybridized carbons (Fsp3) is 0.368. The summed E-state index contributed by atoms with van der Waals surface area (Å²) in [5, 5.41) is 15.1. The highest BCUT2D eigenvalue weighted by molar-refractivity contribution is 7.15. The summed E-state index contributed by atoms with van der Waals surface area (Å²) in [7, 11) is 0. The van der Waals surface area contributed by atoms with Gasteiger partial charge in [-0.15, -0.1) is 0 Å². The summed E-state index contributed by atoms with van der Waals surface area (Å²) in [6.07, 6.45) is 0.743. The first-order chi connectivity index (χ1) is 13.1. The van der Waals surface area contributed by atoms with Crippen molar-refractivity contribution < 1.29 is 14.6 Å². The summed E-state index contributed by atoms with van der Waals surface area (Å²) in [5.41, 5.74) is 1.85. The molecule has 27 heavy (non-hydrogen) atoms. The quantitative estimate of drug-likeness (QED) is 0.640. The van der Waals surface area contributed by atoms with Gasteiger partial charge < -0.3 is 25.0 Å². The van der Waals surface area contributed by atoms with Gasteiger partial charge in [0, 0.05) is 28.7 Å². The molecule has 1 saturated heterocycles. The standard InChI is InChI=1S/C19H20N4O3S/c24-17(15-7-12-3-1-2-4-13(12)21-15)23-6-5-14-16(8-23)27-18(22-14)20-9-19(25)10-26-11-19/h1-4,7,21,25H,5-6,8-11H2,(H,20,22). The number of carbonyl (C=O) groups is 1. The lowest BCUT2D eigenvalue weighted by atomic mass is 10.0. The number of amides is 1. The van der Waals surface area contributed by atoms with Gasteiger partial charge in [-0.25, -0.2) is 4.98 Å². The Morgan fingerprint density at radius 2 is 2.26 bits per heavy atom. The number of aliphatic hydroxyl groups is 1. The number of nitrogens with zero attached hydrogens (tertiary/aromatic N) is 2. The number of para-hydroxylation sites is 1. The zero-order valence-corrected chi connectivity index (χ0v) is 15.5. The lowest BCUT2D eigenvalue weighted by Crippen LogP contribution is -2.54. The minimum atomic E-state index is -0.788. The average Bonchev–Trinajstić information content (AvgIpc) is 3.27. The molecular formula is C19H20N4O3S. The Balaban J connectivity index is 1.29. The molecule has 3 aromatic rings. The van der Waals surface area contributed by atoms with Gasteiger partial charge in [0.25, 0.3) is 5.91 Å². The maximum Gasteiger partial charge on any atom is 0.270 e. The van der Waals surface area contributed by atoms with E-state index in [1.807, 2.05) is 35.2 Å². The molecule has 0 unspecified atom stereocenters. The summed E-state index contributed by atoms with van der Waals surface area (Å²) in [4.78, 5) is 23.7. The van der Waals surface area contributed by atoms with Crippen molar-refractivity contribution in [2.24, 2.45) is 0 Å². The molecule has 2 aliphatic rings. The predicted octanol–water partition coefficient (Wildman–Crippen LogP) is 2.00. The molecule has 0 saturated carbocycles. The highest BCUT2D eigenvalue weighted by Gasteiger charge is 2.36. The number of nitrogens with one attached hydrogen (secondary N) is 2. The van der Waals surface area contributed by atoms with Gasteiger partial charge in [0.15, 0.2) is 5.13 Å². The van der Waals surface area contributed by atoms with Crippen LogP contribution in [0.2, 0.25) is 0 Å². The third-order valence-corrected chi connectivity index (χ3v) is 6.13. The molecule has 0 atom stereocenters. The topological polar surface area (TPSA) is 90.5 Å². The van der Waals surface area contributed by atoms with Gasteiger partial charge in [-0.05, 0) is 12.1 Å². The molecule has 140 valence electrons. The summed E-state index contributed by atoms with van der Waals surface area (Å²) in [6, 6.07) is 9.81. The van der Waals surface area contributed by atoms with Gasteiger partial charge in [0.2, 0.25) is 0 Å². The molecule has 8 heteroatoms. The second kappa shape index (κ2) is 6.33. The van der Waals surface area contributed by atoms with Crippen molar-refractivity contribution in [3.05, 3.63) is 46.6 Å². The van der Waals surface area contributed by atoms with Gasteiger partial charge in [-0.2, -0.15) is 0 Å². The summed E-state index contributed by atoms with van der Waals surface area (Å²) >= 11 is 1.55. The summed E-state index contributed by atoms with van der Waals surface area (Å²) in [6.45, 7) is 2.37. The minimum absolute atomic E-state index is 0.0145. The monoisotopic (exact) mass is 384 g/mol. The molecule has 1 aromatic carbocycles. The van der Waals surface area contributed by atoms with Crippen molar-refractivity contribution in [3.63, 3.8) is 0 Å². The molecule has 7 nitrogen and oxygen atoms in total. The van der Waals surface area contributed by atoms with Crippen LogP contribution in [0.5, 0.6) is 0 Å². The molecule has 5 rings (SSSR count). The van der Waals surface area contributed by atoms with E-state index in [9.17, 15) is 9.90 Å². The van der Waals surface area contributed by atoms with E-state index in [-0.39, 0.29) is 5.91 Å². The maximum absolute atomic E-state index is 12.9. The zero-order valence-electron chi connectivity index (χ0n) is 14.7. The molecule has 0 bridgehead atoms. The lowest BCUT2D eigenvalue weighted by molar-refractivity contribution is -0.168. The number of hydrogen-bond donors (Lipinski definition) is 3. The number of benzene rings is 1. The molecule has 1 fully saturated rings. The van der Waals surface area contributed by atoms with Crippen molar-refractivity contribution in [2.45, 2.75) is 18.6 Å². The number of rotatable bonds is 4. The lowest BCUT2D eigenvalue weighted by Gasteiger charge is -2.36. The number of carbonyl (C=O) groups excluding carboxylic acids is 1. The van der Waals surface area contributed by atoms with Crippen LogP contribution in [0.4, 0.5) is 5.13 Å². The Kier molecular flexibility index (Phi) is 3.92. The van der Waals surface area contributed by atoms with Gasteiger partial charge in [0.1, 0.15) is 11.3 Å². The SMILES string of the molecule is O=C(c1cc2ccccc2[nH]1)N1CCc2nc(NCC3(O)COC3)sc2C1. The number of H-pyrrole nitrogens is 1. The van der Waals surface area contributed by atoms with Gasteiger partial charge in [-0.3, -0.25) is 4.79 Å². The number of aromatic nitrogens is 2. The Labute approximate surface area is 160 Å². The third-order valence-electron chi connectivity index (χ3n) is 5.09. The van der Waals surface area contributed by atoms with Crippen LogP contribution in [0, 0.1) is 0 Å². The van der Waals surface area contributed by atoms with Crippen molar-refractivity contribution in [1.29, 1.82) is 0 Å². The van der Waals surface area contributed by atoms with Crippen LogP contribution in [0.25, 0.3) is 10.9 Å². The van der Waals surface area contributed by atoms with Crippen molar-refractivity contribution in [1.82, 2.24) is 14.9 Å². The maximum atomic E-state index is 12.9. The molecule has 0 aliphatic carbocycles. The molecule has 2 aliphatic heterocycles. The van der Waals surface area contributed by atoms with Crippen LogP contribution in [-0.2, 0) is 17.7 Å². The van der Waals surface area contributed by atoms with Gasteiger partial charge in [0.05, 0.1) is 32.0 Å². The minimum Gasteiger partial charge on any atom is -0.383 e. The summed E-state index contributed by atoms with van der Waals surface area (Å²) < 4.78 is 5.06. The second-order valence-electron chi connectivity index (χ2n) is 7.21. The average molecular weight is 384 g/mol. The third kappa shape index (κ3) is 3.09. The van der Waals surface area contributed by atoms with Crippen molar-refractivity contribution >= 4 is 33.3 Å². The predicted molar refractivity (Wildman–Crippen MR) is 103 cm³/mol. The van der Waals surface area contributed by atoms with Gasteiger partial charge >= 0.3 is 0 Å². The number of aromatic amines is 1. The van der Waals surface area contributed by atoms with E-state index < -0.39 is 5.60 Å². The van der Waals surface area contributed by atoms with E-state index in [0.29, 0.717) is 38.5 Å². The van der Waals surface area contributed by atoms with E-state index in [4.69, 9.17) is 4.74 Å². The van der Waals surface area contributed by atoms with E-state index in [0.717, 1.165) is 33.0 Å². The number of thiazole rings is 1. The first kappa shape index (κ1) is 16.7. The Morgan fingerprint density at radius 1 is 1.41 bits per heavy atom. The van der Waals surface area contributed by atoms with E-state index in [1.165, 1.54) is 0 Å². The number of fused-ring (bicyclic) bond motifs is 2. The fourth-order valence-corrected chi connectivity index (χ4v) is 4.50. The fourth-order valence-electron chi connectivity index (χ4n) is 3.48. The highest BCUT2D eigenvalue weighted by atomic mass is 32.1. The normalized spacial score (nSPS) is 18.2. The van der Waals surface area contributed by atoms with Crippen molar-refractivity contribution in [2.75, 3.05) is 31.6 Å². The largest absolute Gasteiger partial charge is 0.383 e. The Hall–Kier alpha value is -2.42. The zero-order chi connectivity index (χ0) is 18.4. The van der Waals surface area contributed by atoms with Gasteiger partial charge in [-0.1, -0.05) is 29.5 Å². The first-order valence-electron chi connectivity index (χ1n) is 8.99. The van der Waals surface area contributed by atoms with Crippen LogP contribution < -0.4 is 5.32 Å². The number of hydrogen-bond acceptors (Lipinski definition) is 6. The first-order valence-corrected chi connectivity index (χ1v) is 9.81. The molecular weight excluding hydrogens is 364 g/mol. The van der Waals surface area contributed by atoms with Crippen LogP contribution in [0.1, 0.15) is 21.1 Å². The molecule has 3 N–H and O–H groups in total. The van der Waals surface area contributed by atoms with Crippen molar-refractivity contribution in [3.8, 4) is 0 Å². The Morgan fingerprint density at radius 3 is 3.04 bits per heavy atom. The van der Waals surface area contributed by atoms with Crippen LogP contribution in [-0.4, -0.2) is 57.8 Å². The molecule has 1 amide bonds. The van der Waals surface area contributed by atoms with Crippen LogP contribution in [0.15, 0.2) is 30.3 Å². The van der Waals surface area contributed by atoms with E-state index >= 15 is 0 Å². The smallest absolute Gasteiger partial charge is 0.270 e. The second-order valence-corrected chi connectivity index (χ2v) is 8.29. The highest BCUT2D eigenvalue weighted by Crippen LogP contribution is 2.30.